The first-order chi connectivity index (χ1) is 24.1. The first-order valence-electron chi connectivity index (χ1n) is 15.8. The van der Waals surface area contributed by atoms with E-state index in [4.69, 9.17) is 14.2 Å². The molecule has 256 valence electrons. The van der Waals surface area contributed by atoms with Gasteiger partial charge in [0.1, 0.15) is 0 Å². The molecule has 3 heterocycles. The SMILES string of the molecule is CCOc1ccc([C@@H]2C(C(=O)OC)=CN=c3s/c(=C\c4cc(C)n(-c5ccc(Sc6ccc([N+](=O)[O-])cc6)cc5)c4C)c(=O)n32)cc1OCC. The Kier molecular flexibility index (Phi) is 10.1. The molecule has 5 aromatic rings. The van der Waals surface area contributed by atoms with E-state index in [1.807, 2.05) is 70.2 Å². The number of thiazole rings is 1. The van der Waals surface area contributed by atoms with E-state index in [2.05, 4.69) is 9.56 Å². The Balaban J connectivity index is 1.35. The average Bonchev–Trinajstić information content (AvgIpc) is 3.58. The summed E-state index contributed by atoms with van der Waals surface area (Å²) in [6.45, 7) is 8.64. The maximum atomic E-state index is 14.2. The highest BCUT2D eigenvalue weighted by Gasteiger charge is 2.31. The third kappa shape index (κ3) is 6.74. The Morgan fingerprint density at radius 1 is 0.980 bits per heavy atom. The van der Waals surface area contributed by atoms with Crippen molar-refractivity contribution < 1.29 is 23.9 Å². The normalized spacial score (nSPS) is 14.1. The Hall–Kier alpha value is -5.40. The van der Waals surface area contributed by atoms with Crippen LogP contribution < -0.4 is 24.4 Å². The van der Waals surface area contributed by atoms with Crippen molar-refractivity contribution in [1.29, 1.82) is 0 Å². The number of non-ortho nitro benzene ring substituents is 1. The number of esters is 1. The molecular formula is C37H34N4O7S2. The minimum Gasteiger partial charge on any atom is -0.490 e. The number of carbonyl (C=O) groups excluding carboxylic acids is 1. The monoisotopic (exact) mass is 710 g/mol. The zero-order chi connectivity index (χ0) is 35.5. The van der Waals surface area contributed by atoms with Gasteiger partial charge in [-0.25, -0.2) is 9.79 Å². The summed E-state index contributed by atoms with van der Waals surface area (Å²) in [6, 6.07) is 21.2. The van der Waals surface area contributed by atoms with E-state index in [1.54, 1.807) is 24.3 Å². The lowest BCUT2D eigenvalue weighted by Gasteiger charge is -2.23. The van der Waals surface area contributed by atoms with Crippen molar-refractivity contribution in [2.24, 2.45) is 4.99 Å². The number of rotatable bonds is 11. The van der Waals surface area contributed by atoms with E-state index in [0.29, 0.717) is 39.6 Å². The molecular weight excluding hydrogens is 677 g/mol. The molecule has 0 radical (unpaired) electrons. The van der Waals surface area contributed by atoms with Gasteiger partial charge in [-0.15, -0.1) is 0 Å². The number of fused-ring (bicyclic) bond motifs is 1. The summed E-state index contributed by atoms with van der Waals surface area (Å²) < 4.78 is 20.8. The highest BCUT2D eigenvalue weighted by molar-refractivity contribution is 7.99. The quantitative estimate of drug-likeness (QED) is 0.0891. The van der Waals surface area contributed by atoms with Crippen molar-refractivity contribution in [3.05, 3.63) is 137 Å². The zero-order valence-electron chi connectivity index (χ0n) is 28.0. The van der Waals surface area contributed by atoms with Gasteiger partial charge in [0.05, 0.1) is 41.4 Å². The Bertz CT molecular complexity index is 2300. The molecule has 0 N–H and O–H groups in total. The number of benzene rings is 3. The number of nitro groups is 1. The molecule has 50 heavy (non-hydrogen) atoms. The van der Waals surface area contributed by atoms with E-state index < -0.39 is 16.9 Å². The lowest BCUT2D eigenvalue weighted by Crippen LogP contribution is -2.39. The summed E-state index contributed by atoms with van der Waals surface area (Å²) in [7, 11) is 1.30. The number of nitro benzene ring substituents is 1. The molecule has 13 heteroatoms. The number of nitrogens with zero attached hydrogens (tertiary/aromatic N) is 4. The predicted octanol–water partition coefficient (Wildman–Crippen LogP) is 6.28. The van der Waals surface area contributed by atoms with E-state index in [9.17, 15) is 19.7 Å². The summed E-state index contributed by atoms with van der Waals surface area (Å²) >= 11 is 2.77. The van der Waals surface area contributed by atoms with E-state index in [-0.39, 0.29) is 16.8 Å². The second kappa shape index (κ2) is 14.6. The van der Waals surface area contributed by atoms with Gasteiger partial charge in [-0.2, -0.15) is 0 Å². The van der Waals surface area contributed by atoms with Gasteiger partial charge in [0.15, 0.2) is 16.3 Å². The smallest absolute Gasteiger partial charge is 0.337 e. The van der Waals surface area contributed by atoms with E-state index >= 15 is 0 Å². The molecule has 0 saturated carbocycles. The molecule has 11 nitrogen and oxygen atoms in total. The van der Waals surface area contributed by atoms with Crippen LogP contribution in [0.5, 0.6) is 11.5 Å². The van der Waals surface area contributed by atoms with Gasteiger partial charge in [-0.1, -0.05) is 29.2 Å². The van der Waals surface area contributed by atoms with Gasteiger partial charge in [-0.05, 0) is 99.5 Å². The Morgan fingerprint density at radius 3 is 2.28 bits per heavy atom. The molecule has 1 atom stereocenters. The highest BCUT2D eigenvalue weighted by Crippen LogP contribution is 2.35. The average molecular weight is 711 g/mol. The summed E-state index contributed by atoms with van der Waals surface area (Å²) in [4.78, 5) is 44.5. The first-order valence-corrected chi connectivity index (χ1v) is 17.5. The van der Waals surface area contributed by atoms with E-state index in [0.717, 1.165) is 32.4 Å². The molecule has 1 aliphatic rings. The number of ether oxygens (including phenoxy) is 3. The van der Waals surface area contributed by atoms with Crippen molar-refractivity contribution >= 4 is 40.8 Å². The molecule has 0 aliphatic carbocycles. The molecule has 0 bridgehead atoms. The third-order valence-electron chi connectivity index (χ3n) is 8.14. The number of hydrogen-bond donors (Lipinski definition) is 0. The molecule has 0 spiro atoms. The highest BCUT2D eigenvalue weighted by atomic mass is 32.2. The van der Waals surface area contributed by atoms with Crippen LogP contribution in [0.1, 0.15) is 42.4 Å². The van der Waals surface area contributed by atoms with Gasteiger partial charge in [0.2, 0.25) is 0 Å². The largest absolute Gasteiger partial charge is 0.490 e. The molecule has 0 unspecified atom stereocenters. The zero-order valence-corrected chi connectivity index (χ0v) is 29.7. The third-order valence-corrected chi connectivity index (χ3v) is 10.2. The van der Waals surface area contributed by atoms with Gasteiger partial charge in [-0.3, -0.25) is 19.5 Å². The number of methoxy groups -OCH3 is 1. The topological polar surface area (TPSA) is 127 Å². The number of hydrogen-bond acceptors (Lipinski definition) is 10. The maximum Gasteiger partial charge on any atom is 0.337 e. The van der Waals surface area contributed by atoms with Crippen molar-refractivity contribution in [3.8, 4) is 17.2 Å². The van der Waals surface area contributed by atoms with Crippen molar-refractivity contribution in [1.82, 2.24) is 9.13 Å². The first kappa shape index (κ1) is 34.5. The van der Waals surface area contributed by atoms with Gasteiger partial charge in [0, 0.05) is 45.2 Å². The summed E-state index contributed by atoms with van der Waals surface area (Å²) in [6.07, 6.45) is 3.34. The van der Waals surface area contributed by atoms with Crippen LogP contribution in [-0.4, -0.2) is 40.4 Å². The Labute approximate surface area is 295 Å². The van der Waals surface area contributed by atoms with Crippen molar-refractivity contribution in [2.45, 2.75) is 43.5 Å². The van der Waals surface area contributed by atoms with E-state index in [1.165, 1.54) is 53.1 Å². The van der Waals surface area contributed by atoms with Crippen LogP contribution in [0.15, 0.2) is 104 Å². The van der Waals surface area contributed by atoms with Crippen LogP contribution in [-0.2, 0) is 9.53 Å². The van der Waals surface area contributed by atoms with Gasteiger partial charge in [0.25, 0.3) is 11.2 Å². The van der Waals surface area contributed by atoms with Crippen LogP contribution in [0.25, 0.3) is 11.8 Å². The predicted molar refractivity (Wildman–Crippen MR) is 192 cm³/mol. The minimum atomic E-state index is -0.787. The molecule has 6 rings (SSSR count). The van der Waals surface area contributed by atoms with Crippen molar-refractivity contribution in [3.63, 3.8) is 0 Å². The molecule has 1 aliphatic heterocycles. The maximum absolute atomic E-state index is 14.2. The lowest BCUT2D eigenvalue weighted by molar-refractivity contribution is -0.384. The lowest BCUT2D eigenvalue weighted by atomic mass is 9.97. The van der Waals surface area contributed by atoms with Crippen LogP contribution in [0.2, 0.25) is 0 Å². The van der Waals surface area contributed by atoms with Crippen LogP contribution in [0, 0.1) is 24.0 Å². The number of aryl methyl sites for hydroxylation is 1. The standard InChI is InChI=1S/C37H34N4O7S2/c1-6-47-31-17-8-24(19-32(31)48-7-2)34-30(36(43)46-5)21-38-37-40(34)35(42)33(50-37)20-25-18-22(3)39(23(25)4)26-9-13-28(14-10-26)49-29-15-11-27(12-16-29)41(44)45/h8-21,34H,6-7H2,1-5H3/b33-20-/t34-/m1/s1. The molecule has 0 saturated heterocycles. The van der Waals surface area contributed by atoms with Crippen LogP contribution in [0.4, 0.5) is 5.69 Å². The fourth-order valence-corrected chi connectivity index (χ4v) is 7.67. The summed E-state index contributed by atoms with van der Waals surface area (Å²) in [5.41, 5.74) is 4.43. The number of aromatic nitrogens is 2. The molecule has 0 fully saturated rings. The molecule has 0 amide bonds. The Morgan fingerprint density at radius 2 is 1.64 bits per heavy atom. The van der Waals surface area contributed by atoms with Gasteiger partial charge >= 0.3 is 5.97 Å². The summed E-state index contributed by atoms with van der Waals surface area (Å²) in [5.74, 6) is 0.503. The van der Waals surface area contributed by atoms with Crippen LogP contribution >= 0.6 is 23.1 Å². The second-order valence-electron chi connectivity index (χ2n) is 11.3. The van der Waals surface area contributed by atoms with Crippen LogP contribution in [0.3, 0.4) is 0 Å². The second-order valence-corrected chi connectivity index (χ2v) is 13.4. The molecule has 3 aromatic carbocycles. The fourth-order valence-electron chi connectivity index (χ4n) is 5.89. The van der Waals surface area contributed by atoms with Crippen molar-refractivity contribution in [2.75, 3.05) is 20.3 Å². The minimum absolute atomic E-state index is 0.0573. The molecule has 2 aromatic heterocycles. The fraction of sp³-hybridized carbons (Fsp3) is 0.216. The number of carbonyl (C=O) groups is 1. The summed E-state index contributed by atoms with van der Waals surface area (Å²) in [5, 5.41) is 11.0. The van der Waals surface area contributed by atoms with Gasteiger partial charge < -0.3 is 18.8 Å².